The molecule has 0 spiro atoms. The Kier molecular flexibility index (Phi) is 4.61. The number of likely N-dealkylation sites (N-methyl/N-ethyl adjacent to an activating group) is 1. The molecular weight excluding hydrogens is 281 g/mol. The topological polar surface area (TPSA) is 86.7 Å². The van der Waals surface area contributed by atoms with Crippen molar-refractivity contribution in [3.8, 4) is 0 Å². The molecule has 0 unspecified atom stereocenters. The molecule has 2 N–H and O–H groups in total. The summed E-state index contributed by atoms with van der Waals surface area (Å²) in [5.74, 6) is -4.35. The summed E-state index contributed by atoms with van der Waals surface area (Å²) in [6, 6.07) is -3.11. The first kappa shape index (κ1) is 16.3. The van der Waals surface area contributed by atoms with E-state index in [9.17, 15) is 27.6 Å². The third-order valence-electron chi connectivity index (χ3n) is 3.36. The summed E-state index contributed by atoms with van der Waals surface area (Å²) < 4.78 is 37.3. The van der Waals surface area contributed by atoms with Crippen molar-refractivity contribution in [2.24, 2.45) is 5.92 Å². The molecule has 3 atom stereocenters. The fraction of sp³-hybridized carbons (Fsp3) is 0.727. The van der Waals surface area contributed by atoms with Crippen LogP contribution in [0, 0.1) is 5.92 Å². The number of halogens is 3. The summed E-state index contributed by atoms with van der Waals surface area (Å²) >= 11 is 0. The third-order valence-corrected chi connectivity index (χ3v) is 3.36. The lowest BCUT2D eigenvalue weighted by atomic mass is 9.92. The van der Waals surface area contributed by atoms with Gasteiger partial charge in [-0.2, -0.15) is 13.2 Å². The van der Waals surface area contributed by atoms with Crippen molar-refractivity contribution in [3.63, 3.8) is 0 Å². The molecule has 6 nitrogen and oxygen atoms in total. The predicted octanol–water partition coefficient (Wildman–Crippen LogP) is 0.375. The molecule has 0 saturated carbocycles. The lowest BCUT2D eigenvalue weighted by molar-refractivity contribution is -0.173. The number of carbonyl (C=O) groups excluding carboxylic acids is 2. The lowest BCUT2D eigenvalue weighted by Gasteiger charge is -2.32. The number of rotatable bonds is 3. The van der Waals surface area contributed by atoms with Crippen LogP contribution in [-0.4, -0.2) is 53.1 Å². The Morgan fingerprint density at radius 3 is 2.35 bits per heavy atom. The number of nitrogens with zero attached hydrogens (tertiary/aromatic N) is 1. The van der Waals surface area contributed by atoms with Crippen LogP contribution in [0.15, 0.2) is 0 Å². The van der Waals surface area contributed by atoms with E-state index >= 15 is 0 Å². The van der Waals surface area contributed by atoms with E-state index < -0.39 is 48.4 Å². The molecule has 20 heavy (non-hydrogen) atoms. The van der Waals surface area contributed by atoms with E-state index in [4.69, 9.17) is 5.11 Å². The maximum Gasteiger partial charge on any atom is 0.408 e. The number of aliphatic carboxylic acids is 1. The minimum absolute atomic E-state index is 0.258. The van der Waals surface area contributed by atoms with Gasteiger partial charge in [0.05, 0.1) is 0 Å². The number of amides is 2. The molecule has 0 aromatic carbocycles. The molecule has 1 saturated heterocycles. The second-order valence-corrected chi connectivity index (χ2v) is 4.70. The van der Waals surface area contributed by atoms with Gasteiger partial charge in [0, 0.05) is 7.05 Å². The molecule has 1 aliphatic heterocycles. The summed E-state index contributed by atoms with van der Waals surface area (Å²) in [4.78, 5) is 35.1. The Morgan fingerprint density at radius 1 is 1.40 bits per heavy atom. The van der Waals surface area contributed by atoms with Crippen molar-refractivity contribution in [3.05, 3.63) is 0 Å². The molecular formula is C11H15F3N2O4. The molecule has 9 heteroatoms. The summed E-state index contributed by atoms with van der Waals surface area (Å²) in [5.41, 5.74) is 0. The number of alkyl halides is 3. The van der Waals surface area contributed by atoms with Crippen molar-refractivity contribution < 1.29 is 32.7 Å². The number of hydrogen-bond acceptors (Lipinski definition) is 3. The number of piperidine rings is 1. The Labute approximate surface area is 112 Å². The monoisotopic (exact) mass is 296 g/mol. The maximum absolute atomic E-state index is 12.4. The molecule has 1 aliphatic rings. The Balaban J connectivity index is 2.73. The van der Waals surface area contributed by atoms with Gasteiger partial charge in [-0.05, 0) is 19.8 Å². The van der Waals surface area contributed by atoms with Crippen LogP contribution < -0.4 is 5.32 Å². The fourth-order valence-corrected chi connectivity index (χ4v) is 1.89. The van der Waals surface area contributed by atoms with E-state index in [0.29, 0.717) is 0 Å². The zero-order valence-corrected chi connectivity index (χ0v) is 10.9. The van der Waals surface area contributed by atoms with Crippen molar-refractivity contribution in [2.45, 2.75) is 38.0 Å². The van der Waals surface area contributed by atoms with Crippen molar-refractivity contribution >= 4 is 17.8 Å². The van der Waals surface area contributed by atoms with Gasteiger partial charge in [-0.25, -0.2) is 4.79 Å². The van der Waals surface area contributed by atoms with Gasteiger partial charge in [0.15, 0.2) is 0 Å². The predicted molar refractivity (Wildman–Crippen MR) is 60.6 cm³/mol. The quantitative estimate of drug-likeness (QED) is 0.737. The van der Waals surface area contributed by atoms with Gasteiger partial charge in [-0.3, -0.25) is 9.59 Å². The first-order chi connectivity index (χ1) is 9.05. The summed E-state index contributed by atoms with van der Waals surface area (Å²) in [7, 11) is 1.20. The van der Waals surface area contributed by atoms with Crippen molar-refractivity contribution in [2.75, 3.05) is 7.05 Å². The molecule has 1 heterocycles. The zero-order valence-electron chi connectivity index (χ0n) is 10.9. The number of carboxylic acid groups (broad SMARTS) is 1. The van der Waals surface area contributed by atoms with E-state index in [-0.39, 0.29) is 6.42 Å². The standard InChI is InChI=1S/C11H15F3N2O4/c1-5(10(19)20)16(2)9(18)6-3-4-7(11(12,13)14)15-8(6)17/h5-7H,3-4H2,1-2H3,(H,15,17)(H,19,20)/t5-,6+,7+/m1/s1. The van der Waals surface area contributed by atoms with Gasteiger partial charge < -0.3 is 15.3 Å². The number of nitrogens with one attached hydrogen (secondary N) is 1. The number of hydrogen-bond donors (Lipinski definition) is 2. The molecule has 0 radical (unpaired) electrons. The van der Waals surface area contributed by atoms with Crippen LogP contribution in [0.2, 0.25) is 0 Å². The van der Waals surface area contributed by atoms with Crippen molar-refractivity contribution in [1.29, 1.82) is 0 Å². The average Bonchev–Trinajstić information content (AvgIpc) is 2.34. The summed E-state index contributed by atoms with van der Waals surface area (Å²) in [6.07, 6.45) is -5.21. The van der Waals surface area contributed by atoms with Gasteiger partial charge in [0.2, 0.25) is 11.8 Å². The molecule has 0 aromatic heterocycles. The maximum atomic E-state index is 12.4. The van der Waals surface area contributed by atoms with Crippen LogP contribution in [0.25, 0.3) is 0 Å². The van der Waals surface area contributed by atoms with Gasteiger partial charge >= 0.3 is 12.1 Å². The summed E-state index contributed by atoms with van der Waals surface area (Å²) in [6.45, 7) is 1.25. The molecule has 114 valence electrons. The highest BCUT2D eigenvalue weighted by atomic mass is 19.4. The van der Waals surface area contributed by atoms with Crippen LogP contribution in [0.4, 0.5) is 13.2 Å². The lowest BCUT2D eigenvalue weighted by Crippen LogP contribution is -2.55. The van der Waals surface area contributed by atoms with Crippen LogP contribution in [0.3, 0.4) is 0 Å². The molecule has 1 fully saturated rings. The van der Waals surface area contributed by atoms with Gasteiger partial charge in [0.1, 0.15) is 18.0 Å². The van der Waals surface area contributed by atoms with Crippen LogP contribution in [0.5, 0.6) is 0 Å². The van der Waals surface area contributed by atoms with E-state index in [1.54, 1.807) is 5.32 Å². The molecule has 2 amide bonds. The molecule has 0 aromatic rings. The SMILES string of the molecule is C[C@H](C(=O)O)N(C)C(=O)[C@H]1CC[C@@H](C(F)(F)F)NC1=O. The van der Waals surface area contributed by atoms with E-state index in [2.05, 4.69) is 0 Å². The first-order valence-corrected chi connectivity index (χ1v) is 5.92. The van der Waals surface area contributed by atoms with Gasteiger partial charge in [0.25, 0.3) is 0 Å². The second-order valence-electron chi connectivity index (χ2n) is 4.70. The second kappa shape index (κ2) is 5.68. The van der Waals surface area contributed by atoms with E-state index in [1.165, 1.54) is 14.0 Å². The number of carboxylic acids is 1. The van der Waals surface area contributed by atoms with Gasteiger partial charge in [-0.15, -0.1) is 0 Å². The van der Waals surface area contributed by atoms with E-state index in [1.807, 2.05) is 0 Å². The minimum atomic E-state index is -4.55. The Bertz CT molecular complexity index is 424. The van der Waals surface area contributed by atoms with Crippen LogP contribution in [0.1, 0.15) is 19.8 Å². The molecule has 0 bridgehead atoms. The summed E-state index contributed by atoms with van der Waals surface area (Å²) in [5, 5.41) is 10.5. The average molecular weight is 296 g/mol. The normalized spacial score (nSPS) is 24.8. The van der Waals surface area contributed by atoms with Gasteiger partial charge in [-0.1, -0.05) is 0 Å². The molecule has 1 rings (SSSR count). The van der Waals surface area contributed by atoms with Crippen LogP contribution >= 0.6 is 0 Å². The largest absolute Gasteiger partial charge is 0.480 e. The number of carbonyl (C=O) groups is 3. The van der Waals surface area contributed by atoms with E-state index in [0.717, 1.165) is 4.90 Å². The molecule has 0 aliphatic carbocycles. The highest BCUT2D eigenvalue weighted by Crippen LogP contribution is 2.29. The fourth-order valence-electron chi connectivity index (χ4n) is 1.89. The van der Waals surface area contributed by atoms with Crippen LogP contribution in [-0.2, 0) is 14.4 Å². The Hall–Kier alpha value is -1.80. The van der Waals surface area contributed by atoms with Crippen molar-refractivity contribution in [1.82, 2.24) is 10.2 Å². The minimum Gasteiger partial charge on any atom is -0.480 e. The third kappa shape index (κ3) is 3.40. The zero-order chi connectivity index (χ0) is 15.7. The highest BCUT2D eigenvalue weighted by Gasteiger charge is 2.46. The highest BCUT2D eigenvalue weighted by molar-refractivity contribution is 6.01. The smallest absolute Gasteiger partial charge is 0.408 e. The Morgan fingerprint density at radius 2 is 1.95 bits per heavy atom. The first-order valence-electron chi connectivity index (χ1n) is 5.92.